The molecule has 1 aromatic heterocycles. The largest absolute Gasteiger partial charge is 0.506 e. The Bertz CT molecular complexity index is 574. The van der Waals surface area contributed by atoms with E-state index in [2.05, 4.69) is 0 Å². The predicted molar refractivity (Wildman–Crippen MR) is 63.8 cm³/mol. The molecule has 0 fully saturated rings. The van der Waals surface area contributed by atoms with Gasteiger partial charge in [0.15, 0.2) is 0 Å². The molecule has 0 saturated heterocycles. The number of rotatable bonds is 3. The number of nitrogens with two attached hydrogens (primary N) is 1. The number of carboxylic acids is 1. The molecule has 0 saturated carbocycles. The van der Waals surface area contributed by atoms with Crippen LogP contribution in [0.4, 0.5) is 0 Å². The van der Waals surface area contributed by atoms with E-state index < -0.39 is 12.0 Å². The number of aromatic nitrogens is 1. The van der Waals surface area contributed by atoms with E-state index in [1.165, 1.54) is 0 Å². The highest BCUT2D eigenvalue weighted by Crippen LogP contribution is 2.31. The maximum atomic E-state index is 10.9. The van der Waals surface area contributed by atoms with Gasteiger partial charge in [0.25, 0.3) is 0 Å². The zero-order valence-electron chi connectivity index (χ0n) is 9.42. The van der Waals surface area contributed by atoms with Crippen LogP contribution in [0.1, 0.15) is 18.5 Å². The summed E-state index contributed by atoms with van der Waals surface area (Å²) in [6.07, 6.45) is 1.68. The van der Waals surface area contributed by atoms with Gasteiger partial charge in [0.1, 0.15) is 11.8 Å². The van der Waals surface area contributed by atoms with Crippen LogP contribution in [0.15, 0.2) is 24.4 Å². The lowest BCUT2D eigenvalue weighted by Crippen LogP contribution is -2.20. The van der Waals surface area contributed by atoms with Crippen molar-refractivity contribution in [3.63, 3.8) is 0 Å². The molecule has 0 bridgehead atoms. The molecule has 0 aliphatic rings. The Labute approximate surface area is 98.1 Å². The summed E-state index contributed by atoms with van der Waals surface area (Å²) in [6.45, 7) is 2.56. The number of hydrogen-bond donors (Lipinski definition) is 3. The number of para-hydroxylation sites is 1. The number of phenolic OH excluding ortho intramolecular Hbond substituents is 1. The second-order valence-corrected chi connectivity index (χ2v) is 3.86. The number of carboxylic acid groups (broad SMARTS) is 1. The quantitative estimate of drug-likeness (QED) is 0.750. The molecular weight excluding hydrogens is 220 g/mol. The fraction of sp³-hybridized carbons (Fsp3) is 0.250. The Balaban J connectivity index is 2.74. The fourth-order valence-corrected chi connectivity index (χ4v) is 2.00. The lowest BCUT2D eigenvalue weighted by Gasteiger charge is -2.04. The van der Waals surface area contributed by atoms with E-state index in [0.29, 0.717) is 23.0 Å². The molecule has 1 heterocycles. The summed E-state index contributed by atoms with van der Waals surface area (Å²) in [5.74, 6) is -0.948. The van der Waals surface area contributed by atoms with Crippen LogP contribution < -0.4 is 5.73 Å². The molecule has 0 amide bonds. The van der Waals surface area contributed by atoms with Gasteiger partial charge < -0.3 is 20.5 Å². The van der Waals surface area contributed by atoms with Crippen molar-refractivity contribution in [3.05, 3.63) is 30.0 Å². The first-order valence-electron chi connectivity index (χ1n) is 5.35. The monoisotopic (exact) mass is 234 g/mol. The van der Waals surface area contributed by atoms with Crippen molar-refractivity contribution in [3.8, 4) is 5.75 Å². The van der Waals surface area contributed by atoms with Crippen molar-refractivity contribution < 1.29 is 15.0 Å². The smallest absolute Gasteiger partial charge is 0.325 e. The molecule has 2 aromatic rings. The molecule has 2 rings (SSSR count). The zero-order valence-corrected chi connectivity index (χ0v) is 9.42. The molecule has 1 unspecified atom stereocenters. The van der Waals surface area contributed by atoms with Gasteiger partial charge in [-0.2, -0.15) is 0 Å². The van der Waals surface area contributed by atoms with Gasteiger partial charge in [-0.1, -0.05) is 12.1 Å². The van der Waals surface area contributed by atoms with Gasteiger partial charge in [-0.3, -0.25) is 4.79 Å². The number of aryl methyl sites for hydroxylation is 1. The molecule has 0 radical (unpaired) electrons. The second kappa shape index (κ2) is 4.10. The molecule has 0 spiro atoms. The topological polar surface area (TPSA) is 88.5 Å². The van der Waals surface area contributed by atoms with Crippen LogP contribution in [-0.2, 0) is 11.3 Å². The van der Waals surface area contributed by atoms with Gasteiger partial charge in [-0.05, 0) is 13.0 Å². The van der Waals surface area contributed by atoms with Gasteiger partial charge in [0.2, 0.25) is 0 Å². The second-order valence-electron chi connectivity index (χ2n) is 3.86. The maximum absolute atomic E-state index is 10.9. The number of carbonyl (C=O) groups is 1. The first-order valence-corrected chi connectivity index (χ1v) is 5.35. The van der Waals surface area contributed by atoms with Crippen LogP contribution in [0.2, 0.25) is 0 Å². The number of aliphatic carboxylic acids is 1. The maximum Gasteiger partial charge on any atom is 0.325 e. The molecule has 0 aliphatic carbocycles. The number of phenols is 1. The summed E-state index contributed by atoms with van der Waals surface area (Å²) < 4.78 is 1.79. The molecular formula is C12H14N2O3. The third-order valence-electron chi connectivity index (χ3n) is 2.85. The van der Waals surface area contributed by atoms with Crippen molar-refractivity contribution in [1.29, 1.82) is 0 Å². The summed E-state index contributed by atoms with van der Waals surface area (Å²) in [4.78, 5) is 10.9. The molecule has 1 atom stereocenters. The Morgan fingerprint density at radius 2 is 2.24 bits per heavy atom. The van der Waals surface area contributed by atoms with E-state index in [-0.39, 0.29) is 5.75 Å². The number of hydrogen-bond acceptors (Lipinski definition) is 3. The van der Waals surface area contributed by atoms with Gasteiger partial charge in [0, 0.05) is 23.7 Å². The van der Waals surface area contributed by atoms with Crippen molar-refractivity contribution in [1.82, 2.24) is 4.57 Å². The number of nitrogens with zero attached hydrogens (tertiary/aromatic N) is 1. The minimum absolute atomic E-state index is 0.133. The third kappa shape index (κ3) is 1.74. The van der Waals surface area contributed by atoms with Crippen molar-refractivity contribution in [2.24, 2.45) is 5.73 Å². The highest BCUT2D eigenvalue weighted by Gasteiger charge is 2.20. The van der Waals surface area contributed by atoms with Gasteiger partial charge in [-0.25, -0.2) is 0 Å². The Hall–Kier alpha value is -2.01. The van der Waals surface area contributed by atoms with E-state index in [1.807, 2.05) is 6.92 Å². The number of benzene rings is 1. The average Bonchev–Trinajstić information content (AvgIpc) is 2.68. The molecule has 90 valence electrons. The van der Waals surface area contributed by atoms with E-state index in [0.717, 1.165) is 0 Å². The summed E-state index contributed by atoms with van der Waals surface area (Å²) >= 11 is 0. The van der Waals surface area contributed by atoms with Crippen LogP contribution in [0.25, 0.3) is 10.9 Å². The summed E-state index contributed by atoms with van der Waals surface area (Å²) in [7, 11) is 0. The lowest BCUT2D eigenvalue weighted by atomic mass is 10.1. The molecule has 5 nitrogen and oxygen atoms in total. The standard InChI is InChI=1S/C12H14N2O3/c1-2-14-6-8(10(13)12(16)17)7-4-3-5-9(15)11(7)14/h3-6,10,15H,2,13H2,1H3,(H,16,17). The van der Waals surface area contributed by atoms with Crippen molar-refractivity contribution in [2.75, 3.05) is 0 Å². The first kappa shape index (κ1) is 11.5. The van der Waals surface area contributed by atoms with Crippen LogP contribution in [0, 0.1) is 0 Å². The number of fused-ring (bicyclic) bond motifs is 1. The number of aromatic hydroxyl groups is 1. The lowest BCUT2D eigenvalue weighted by molar-refractivity contribution is -0.138. The molecule has 17 heavy (non-hydrogen) atoms. The summed E-state index contributed by atoms with van der Waals surface area (Å²) in [6, 6.07) is 3.94. The minimum atomic E-state index is -1.08. The van der Waals surface area contributed by atoms with Gasteiger partial charge >= 0.3 is 5.97 Å². The zero-order chi connectivity index (χ0) is 12.6. The van der Waals surface area contributed by atoms with E-state index >= 15 is 0 Å². The van der Waals surface area contributed by atoms with Gasteiger partial charge in [-0.15, -0.1) is 0 Å². The third-order valence-corrected chi connectivity index (χ3v) is 2.85. The molecule has 4 N–H and O–H groups in total. The molecule has 5 heteroatoms. The SMILES string of the molecule is CCn1cc(C(N)C(=O)O)c2cccc(O)c21. The highest BCUT2D eigenvalue weighted by molar-refractivity contribution is 5.92. The summed E-state index contributed by atoms with van der Waals surface area (Å²) in [5.41, 5.74) is 6.77. The highest BCUT2D eigenvalue weighted by atomic mass is 16.4. The van der Waals surface area contributed by atoms with E-state index in [9.17, 15) is 9.90 Å². The summed E-state index contributed by atoms with van der Waals surface area (Å²) in [5, 5.41) is 19.4. The van der Waals surface area contributed by atoms with Gasteiger partial charge in [0.05, 0.1) is 5.52 Å². The fourth-order valence-electron chi connectivity index (χ4n) is 2.00. The van der Waals surface area contributed by atoms with Crippen molar-refractivity contribution >= 4 is 16.9 Å². The average molecular weight is 234 g/mol. The van der Waals surface area contributed by atoms with Crippen LogP contribution in [-0.4, -0.2) is 20.7 Å². The van der Waals surface area contributed by atoms with E-state index in [1.54, 1.807) is 29.0 Å². The molecule has 0 aliphatic heterocycles. The van der Waals surface area contributed by atoms with E-state index in [4.69, 9.17) is 10.8 Å². The van der Waals surface area contributed by atoms with Crippen LogP contribution in [0.5, 0.6) is 5.75 Å². The van der Waals surface area contributed by atoms with Crippen molar-refractivity contribution in [2.45, 2.75) is 19.5 Å². The molecule has 1 aromatic carbocycles. The van der Waals surface area contributed by atoms with Crippen LogP contribution in [0.3, 0.4) is 0 Å². The Morgan fingerprint density at radius 3 is 2.82 bits per heavy atom. The Kier molecular flexibility index (Phi) is 2.77. The first-order chi connectivity index (χ1) is 8.06. The predicted octanol–water partition coefficient (Wildman–Crippen LogP) is 1.45. The minimum Gasteiger partial charge on any atom is -0.506 e. The van der Waals surface area contributed by atoms with Crippen LogP contribution >= 0.6 is 0 Å². The Morgan fingerprint density at radius 1 is 1.53 bits per heavy atom. The normalized spacial score (nSPS) is 12.8.